The van der Waals surface area contributed by atoms with Gasteiger partial charge in [0, 0.05) is 13.5 Å². The highest BCUT2D eigenvalue weighted by molar-refractivity contribution is 5.80. The second-order valence-corrected chi connectivity index (χ2v) is 2.27. The number of ketones is 1. The van der Waals surface area contributed by atoms with E-state index in [9.17, 15) is 4.79 Å². The third-order valence-corrected chi connectivity index (χ3v) is 1.26. The fourth-order valence-corrected chi connectivity index (χ4v) is 0.633. The maximum atomic E-state index is 10.8. The largest absolute Gasteiger partial charge is 0.382 e. The third kappa shape index (κ3) is 7.26. The predicted octanol–water partition coefficient (Wildman–Crippen LogP) is 0.632. The van der Waals surface area contributed by atoms with Crippen LogP contribution in [-0.4, -0.2) is 32.7 Å². The Morgan fingerprint density at radius 1 is 1.42 bits per heavy atom. The number of carbonyl (C=O) groups is 1. The Morgan fingerprint density at radius 3 is 2.75 bits per heavy atom. The van der Waals surface area contributed by atoms with Gasteiger partial charge >= 0.3 is 0 Å². The van der Waals surface area contributed by atoms with Crippen LogP contribution in [0.1, 0.15) is 12.8 Å². The lowest BCUT2D eigenvalue weighted by atomic mass is 10.2. The molecule has 0 aliphatic carbocycles. The molecule has 0 N–H and O–H groups in total. The first-order valence-corrected chi connectivity index (χ1v) is 3.83. The van der Waals surface area contributed by atoms with Gasteiger partial charge in [0.25, 0.3) is 0 Å². The number of rotatable bonds is 7. The first kappa shape index (κ1) is 11.2. The fourth-order valence-electron chi connectivity index (χ4n) is 0.633. The van der Waals surface area contributed by atoms with E-state index < -0.39 is 0 Å². The molecule has 0 aliphatic heterocycles. The summed E-state index contributed by atoms with van der Waals surface area (Å²) in [6.07, 6.45) is 5.55. The average molecular weight is 170 g/mol. The molecule has 68 valence electrons. The Hall–Kier alpha value is -0.850. The molecule has 0 atom stereocenters. The maximum absolute atomic E-state index is 10.8. The molecule has 0 aliphatic rings. The van der Waals surface area contributed by atoms with Crippen LogP contribution in [-0.2, 0) is 14.3 Å². The van der Waals surface area contributed by atoms with Gasteiger partial charge in [-0.05, 0) is 0 Å². The smallest absolute Gasteiger partial charge is 0.147 e. The van der Waals surface area contributed by atoms with Gasteiger partial charge in [-0.15, -0.1) is 6.42 Å². The number of hydrogen-bond donors (Lipinski definition) is 0. The molecular formula is C9H14O3. The Morgan fingerprint density at radius 2 is 2.17 bits per heavy atom. The van der Waals surface area contributed by atoms with Crippen LogP contribution in [0.5, 0.6) is 0 Å². The molecule has 0 saturated heterocycles. The zero-order valence-corrected chi connectivity index (χ0v) is 7.34. The minimum Gasteiger partial charge on any atom is -0.382 e. The number of terminal acetylenes is 1. The number of carbonyl (C=O) groups excluding carboxylic acids is 1. The van der Waals surface area contributed by atoms with E-state index in [1.165, 1.54) is 0 Å². The van der Waals surface area contributed by atoms with Crippen molar-refractivity contribution in [3.8, 4) is 12.3 Å². The molecule has 12 heavy (non-hydrogen) atoms. The summed E-state index contributed by atoms with van der Waals surface area (Å²) in [5, 5.41) is 0. The second kappa shape index (κ2) is 8.25. The quantitative estimate of drug-likeness (QED) is 0.415. The Kier molecular flexibility index (Phi) is 7.66. The molecule has 0 aromatic heterocycles. The van der Waals surface area contributed by atoms with Crippen LogP contribution < -0.4 is 0 Å². The van der Waals surface area contributed by atoms with E-state index in [4.69, 9.17) is 15.9 Å². The molecule has 0 radical (unpaired) electrons. The molecule has 3 nitrogen and oxygen atoms in total. The van der Waals surface area contributed by atoms with Crippen LogP contribution in [0.2, 0.25) is 0 Å². The van der Waals surface area contributed by atoms with Gasteiger partial charge in [-0.25, -0.2) is 0 Å². The van der Waals surface area contributed by atoms with E-state index in [0.29, 0.717) is 26.2 Å². The van der Waals surface area contributed by atoms with Crippen molar-refractivity contribution in [2.45, 2.75) is 12.8 Å². The standard InChI is InChI=1S/C9H14O3/c1-3-4-9(10)5-6-12-8-7-11-2/h1H,4-8H2,2H3. The van der Waals surface area contributed by atoms with Crippen LogP contribution in [0, 0.1) is 12.3 Å². The van der Waals surface area contributed by atoms with Gasteiger partial charge in [-0.1, -0.05) is 5.92 Å². The van der Waals surface area contributed by atoms with Crippen molar-refractivity contribution < 1.29 is 14.3 Å². The topological polar surface area (TPSA) is 35.5 Å². The van der Waals surface area contributed by atoms with Crippen molar-refractivity contribution in [2.75, 3.05) is 26.9 Å². The molecule has 0 heterocycles. The normalized spacial score (nSPS) is 9.33. The van der Waals surface area contributed by atoms with Crippen molar-refractivity contribution in [3.63, 3.8) is 0 Å². The summed E-state index contributed by atoms with van der Waals surface area (Å²) in [5.74, 6) is 2.34. The van der Waals surface area contributed by atoms with E-state index in [1.54, 1.807) is 7.11 Å². The van der Waals surface area contributed by atoms with Crippen LogP contribution in [0.4, 0.5) is 0 Å². The lowest BCUT2D eigenvalue weighted by Gasteiger charge is -2.00. The highest BCUT2D eigenvalue weighted by Crippen LogP contribution is 1.89. The summed E-state index contributed by atoms with van der Waals surface area (Å²) in [6, 6.07) is 0. The highest BCUT2D eigenvalue weighted by atomic mass is 16.5. The molecule has 0 fully saturated rings. The summed E-state index contributed by atoms with van der Waals surface area (Å²) in [7, 11) is 1.60. The number of methoxy groups -OCH3 is 1. The molecule has 0 saturated carbocycles. The summed E-state index contributed by atoms with van der Waals surface area (Å²) < 4.78 is 9.83. The van der Waals surface area contributed by atoms with Crippen LogP contribution in [0.3, 0.4) is 0 Å². The van der Waals surface area contributed by atoms with E-state index in [1.807, 2.05) is 0 Å². The Labute approximate surface area is 73.0 Å². The van der Waals surface area contributed by atoms with Gasteiger partial charge in [0.2, 0.25) is 0 Å². The van der Waals surface area contributed by atoms with E-state index in [0.717, 1.165) is 0 Å². The summed E-state index contributed by atoms with van der Waals surface area (Å²) in [5.41, 5.74) is 0. The van der Waals surface area contributed by atoms with E-state index >= 15 is 0 Å². The Balaban J connectivity index is 3.10. The van der Waals surface area contributed by atoms with Gasteiger partial charge < -0.3 is 9.47 Å². The van der Waals surface area contributed by atoms with E-state index in [-0.39, 0.29) is 12.2 Å². The summed E-state index contributed by atoms with van der Waals surface area (Å²) >= 11 is 0. The lowest BCUT2D eigenvalue weighted by molar-refractivity contribution is -0.119. The number of ether oxygens (including phenoxy) is 2. The molecule has 0 aromatic carbocycles. The molecule has 0 aromatic rings. The monoisotopic (exact) mass is 170 g/mol. The second-order valence-electron chi connectivity index (χ2n) is 2.27. The lowest BCUT2D eigenvalue weighted by Crippen LogP contribution is -2.07. The van der Waals surface area contributed by atoms with Gasteiger partial charge in [0.05, 0.1) is 26.2 Å². The van der Waals surface area contributed by atoms with Crippen LogP contribution in [0.25, 0.3) is 0 Å². The molecule has 3 heteroatoms. The molecule has 0 rings (SSSR count). The average Bonchev–Trinajstić information content (AvgIpc) is 2.05. The number of Topliss-reactive ketones (excluding diaryl/α,β-unsaturated/α-hetero) is 1. The number of hydrogen-bond acceptors (Lipinski definition) is 3. The first-order valence-electron chi connectivity index (χ1n) is 3.83. The minimum absolute atomic E-state index is 0.0508. The SMILES string of the molecule is C#CCC(=O)CCOCCOC. The summed E-state index contributed by atoms with van der Waals surface area (Å²) in [4.78, 5) is 10.8. The minimum atomic E-state index is 0.0508. The van der Waals surface area contributed by atoms with Crippen molar-refractivity contribution >= 4 is 5.78 Å². The predicted molar refractivity (Wildman–Crippen MR) is 45.8 cm³/mol. The van der Waals surface area contributed by atoms with Crippen molar-refractivity contribution in [3.05, 3.63) is 0 Å². The summed E-state index contributed by atoms with van der Waals surface area (Å²) in [6.45, 7) is 1.52. The van der Waals surface area contributed by atoms with Gasteiger partial charge in [-0.3, -0.25) is 4.79 Å². The maximum Gasteiger partial charge on any atom is 0.147 e. The van der Waals surface area contributed by atoms with Crippen LogP contribution in [0.15, 0.2) is 0 Å². The van der Waals surface area contributed by atoms with Crippen molar-refractivity contribution in [2.24, 2.45) is 0 Å². The van der Waals surface area contributed by atoms with Gasteiger partial charge in [0.15, 0.2) is 0 Å². The zero-order valence-electron chi connectivity index (χ0n) is 7.34. The molecule has 0 bridgehead atoms. The van der Waals surface area contributed by atoms with E-state index in [2.05, 4.69) is 5.92 Å². The third-order valence-electron chi connectivity index (χ3n) is 1.26. The molecule has 0 amide bonds. The van der Waals surface area contributed by atoms with Gasteiger partial charge in [-0.2, -0.15) is 0 Å². The Bertz CT molecular complexity index is 158. The first-order chi connectivity index (χ1) is 5.81. The van der Waals surface area contributed by atoms with Crippen molar-refractivity contribution in [1.29, 1.82) is 0 Å². The fraction of sp³-hybridized carbons (Fsp3) is 0.667. The van der Waals surface area contributed by atoms with Gasteiger partial charge in [0.1, 0.15) is 5.78 Å². The highest BCUT2D eigenvalue weighted by Gasteiger charge is 1.98. The molecule has 0 spiro atoms. The van der Waals surface area contributed by atoms with Crippen molar-refractivity contribution in [1.82, 2.24) is 0 Å². The zero-order chi connectivity index (χ0) is 9.23. The molecule has 0 unspecified atom stereocenters. The molecular weight excluding hydrogens is 156 g/mol. The van der Waals surface area contributed by atoms with Crippen LogP contribution >= 0.6 is 0 Å².